The molecule has 4 nitrogen and oxygen atoms in total. The lowest BCUT2D eigenvalue weighted by Crippen LogP contribution is -2.01. The number of carbonyl (C=O) groups excluding carboxylic acids is 1. The average molecular weight is 192 g/mol. The third-order valence-corrected chi connectivity index (χ3v) is 1.04. The molecule has 0 aromatic rings. The Morgan fingerprint density at radius 1 is 1.15 bits per heavy atom. The van der Waals surface area contributed by atoms with Crippen LogP contribution in [0.5, 0.6) is 0 Å². The molecule has 0 aliphatic carbocycles. The van der Waals surface area contributed by atoms with Crippen LogP contribution in [0.25, 0.3) is 0 Å². The van der Waals surface area contributed by atoms with E-state index in [9.17, 15) is 4.79 Å². The van der Waals surface area contributed by atoms with Crippen molar-refractivity contribution < 1.29 is 19.3 Å². The first-order valence-corrected chi connectivity index (χ1v) is 4.54. The predicted octanol–water partition coefficient (Wildman–Crippen LogP) is 1.93. The SMILES string of the molecule is CCCC(=O)OOC.CCOCC. The first-order chi connectivity index (χ1) is 6.22. The summed E-state index contributed by atoms with van der Waals surface area (Å²) in [6.45, 7) is 7.57. The quantitative estimate of drug-likeness (QED) is 0.493. The van der Waals surface area contributed by atoms with Gasteiger partial charge in [0.1, 0.15) is 0 Å². The highest BCUT2D eigenvalue weighted by molar-refractivity contribution is 5.68. The molecule has 0 saturated carbocycles. The van der Waals surface area contributed by atoms with E-state index in [0.717, 1.165) is 19.6 Å². The van der Waals surface area contributed by atoms with Crippen molar-refractivity contribution >= 4 is 5.97 Å². The molecule has 4 heteroatoms. The van der Waals surface area contributed by atoms with Crippen LogP contribution >= 0.6 is 0 Å². The summed E-state index contributed by atoms with van der Waals surface area (Å²) in [5, 5.41) is 0. The van der Waals surface area contributed by atoms with Crippen molar-refractivity contribution in [3.63, 3.8) is 0 Å². The van der Waals surface area contributed by atoms with Gasteiger partial charge < -0.3 is 4.74 Å². The van der Waals surface area contributed by atoms with E-state index in [1.54, 1.807) is 0 Å². The Balaban J connectivity index is 0. The number of ether oxygens (including phenoxy) is 1. The van der Waals surface area contributed by atoms with Crippen LogP contribution in [-0.4, -0.2) is 26.3 Å². The summed E-state index contributed by atoms with van der Waals surface area (Å²) in [6.07, 6.45) is 1.22. The highest BCUT2D eigenvalue weighted by Crippen LogP contribution is 1.89. The summed E-state index contributed by atoms with van der Waals surface area (Å²) < 4.78 is 4.83. The van der Waals surface area contributed by atoms with Crippen molar-refractivity contribution in [3.8, 4) is 0 Å². The van der Waals surface area contributed by atoms with Gasteiger partial charge in [-0.1, -0.05) is 6.92 Å². The second kappa shape index (κ2) is 13.9. The normalized spacial score (nSPS) is 8.62. The second-order valence-corrected chi connectivity index (χ2v) is 2.15. The van der Waals surface area contributed by atoms with Crippen LogP contribution in [0.15, 0.2) is 0 Å². The van der Waals surface area contributed by atoms with E-state index in [1.807, 2.05) is 20.8 Å². The average Bonchev–Trinajstić information content (AvgIpc) is 2.08. The second-order valence-electron chi connectivity index (χ2n) is 2.15. The molecule has 0 aliphatic rings. The van der Waals surface area contributed by atoms with Gasteiger partial charge in [0.05, 0.1) is 7.11 Å². The monoisotopic (exact) mass is 192 g/mol. The van der Waals surface area contributed by atoms with Crippen LogP contribution in [-0.2, 0) is 19.3 Å². The van der Waals surface area contributed by atoms with Gasteiger partial charge in [-0.25, -0.2) is 4.79 Å². The van der Waals surface area contributed by atoms with E-state index in [2.05, 4.69) is 9.78 Å². The Bertz CT molecular complexity index is 93.8. The summed E-state index contributed by atoms with van der Waals surface area (Å²) in [5.74, 6) is -0.310. The molecule has 0 saturated heterocycles. The number of rotatable bonds is 5. The Morgan fingerprint density at radius 2 is 1.69 bits per heavy atom. The predicted molar refractivity (Wildman–Crippen MR) is 50.2 cm³/mol. The highest BCUT2D eigenvalue weighted by Gasteiger charge is 1.97. The molecule has 0 fully saturated rings. The first-order valence-electron chi connectivity index (χ1n) is 4.54. The molecule has 0 bridgehead atoms. The molecule has 80 valence electrons. The summed E-state index contributed by atoms with van der Waals surface area (Å²) in [4.78, 5) is 18.5. The zero-order valence-electron chi connectivity index (χ0n) is 8.96. The Morgan fingerprint density at radius 3 is 1.92 bits per heavy atom. The minimum Gasteiger partial charge on any atom is -0.382 e. The molecule has 0 radical (unpaired) electrons. The molecule has 0 atom stereocenters. The Labute approximate surface area is 80.1 Å². The van der Waals surface area contributed by atoms with Crippen LogP contribution in [0.4, 0.5) is 0 Å². The molecule has 0 aromatic heterocycles. The molecule has 0 aromatic carbocycles. The summed E-state index contributed by atoms with van der Waals surface area (Å²) in [7, 11) is 1.31. The van der Waals surface area contributed by atoms with Gasteiger partial charge in [-0.3, -0.25) is 4.89 Å². The maximum absolute atomic E-state index is 10.3. The minimum absolute atomic E-state index is 0.310. The van der Waals surface area contributed by atoms with Gasteiger partial charge in [0.2, 0.25) is 0 Å². The molecular weight excluding hydrogens is 172 g/mol. The fraction of sp³-hybridized carbons (Fsp3) is 0.889. The molecule has 0 unspecified atom stereocenters. The van der Waals surface area contributed by atoms with Crippen molar-refractivity contribution in [1.29, 1.82) is 0 Å². The van der Waals surface area contributed by atoms with Gasteiger partial charge in [-0.2, -0.15) is 4.89 Å². The van der Waals surface area contributed by atoms with Crippen molar-refractivity contribution in [2.45, 2.75) is 33.6 Å². The van der Waals surface area contributed by atoms with E-state index >= 15 is 0 Å². The van der Waals surface area contributed by atoms with Gasteiger partial charge in [0.15, 0.2) is 0 Å². The molecule has 0 spiro atoms. The van der Waals surface area contributed by atoms with E-state index in [-0.39, 0.29) is 5.97 Å². The third-order valence-electron chi connectivity index (χ3n) is 1.04. The van der Waals surface area contributed by atoms with Crippen LogP contribution in [0.1, 0.15) is 33.6 Å². The van der Waals surface area contributed by atoms with E-state index < -0.39 is 0 Å². The lowest BCUT2D eigenvalue weighted by molar-refractivity contribution is -0.254. The maximum Gasteiger partial charge on any atom is 0.342 e. The first kappa shape index (κ1) is 14.9. The van der Waals surface area contributed by atoms with Gasteiger partial charge in [-0.05, 0) is 20.3 Å². The fourth-order valence-electron chi connectivity index (χ4n) is 0.543. The van der Waals surface area contributed by atoms with Gasteiger partial charge in [-0.15, -0.1) is 0 Å². The zero-order valence-corrected chi connectivity index (χ0v) is 8.96. The number of hydrogen-bond acceptors (Lipinski definition) is 4. The van der Waals surface area contributed by atoms with Crippen LogP contribution in [0.2, 0.25) is 0 Å². The largest absolute Gasteiger partial charge is 0.382 e. The van der Waals surface area contributed by atoms with Crippen LogP contribution in [0.3, 0.4) is 0 Å². The topological polar surface area (TPSA) is 44.8 Å². The van der Waals surface area contributed by atoms with Gasteiger partial charge in [0, 0.05) is 19.6 Å². The molecule has 0 amide bonds. The van der Waals surface area contributed by atoms with Gasteiger partial charge in [0.25, 0.3) is 0 Å². The molecule has 0 heterocycles. The van der Waals surface area contributed by atoms with Crippen molar-refractivity contribution in [3.05, 3.63) is 0 Å². The smallest absolute Gasteiger partial charge is 0.342 e. The van der Waals surface area contributed by atoms with Crippen molar-refractivity contribution in [2.75, 3.05) is 20.3 Å². The summed E-state index contributed by atoms with van der Waals surface area (Å²) >= 11 is 0. The van der Waals surface area contributed by atoms with Crippen molar-refractivity contribution in [1.82, 2.24) is 0 Å². The molecule has 0 N–H and O–H groups in total. The summed E-state index contributed by atoms with van der Waals surface area (Å²) in [6, 6.07) is 0. The maximum atomic E-state index is 10.3. The standard InChI is InChI=1S/C5H10O3.C4H10O/c1-3-4-5(6)8-7-2;1-3-5-4-2/h3-4H2,1-2H3;3-4H2,1-2H3. The number of hydrogen-bond donors (Lipinski definition) is 0. The lowest BCUT2D eigenvalue weighted by Gasteiger charge is -1.94. The van der Waals surface area contributed by atoms with E-state index in [4.69, 9.17) is 4.74 Å². The summed E-state index contributed by atoms with van der Waals surface area (Å²) in [5.41, 5.74) is 0. The van der Waals surface area contributed by atoms with E-state index in [1.165, 1.54) is 7.11 Å². The minimum atomic E-state index is -0.310. The molecule has 13 heavy (non-hydrogen) atoms. The van der Waals surface area contributed by atoms with Crippen LogP contribution in [0, 0.1) is 0 Å². The highest BCUT2D eigenvalue weighted by atomic mass is 17.2. The number of carbonyl (C=O) groups is 1. The van der Waals surface area contributed by atoms with Crippen molar-refractivity contribution in [2.24, 2.45) is 0 Å². The molecule has 0 rings (SSSR count). The Kier molecular flexibility index (Phi) is 16.0. The third kappa shape index (κ3) is 18.4. The fourth-order valence-corrected chi connectivity index (χ4v) is 0.543. The van der Waals surface area contributed by atoms with Crippen LogP contribution < -0.4 is 0 Å². The Hall–Kier alpha value is -0.610. The molecular formula is C9H20O4. The van der Waals surface area contributed by atoms with Gasteiger partial charge >= 0.3 is 5.97 Å². The zero-order chi connectivity index (χ0) is 10.5. The van der Waals surface area contributed by atoms with E-state index in [0.29, 0.717) is 6.42 Å². The molecule has 0 aliphatic heterocycles. The lowest BCUT2D eigenvalue weighted by atomic mass is 10.3.